The summed E-state index contributed by atoms with van der Waals surface area (Å²) in [6.45, 7) is 7.44. The van der Waals surface area contributed by atoms with Gasteiger partial charge >= 0.3 is 0 Å². The zero-order valence-electron chi connectivity index (χ0n) is 19.1. The summed E-state index contributed by atoms with van der Waals surface area (Å²) >= 11 is 0. The van der Waals surface area contributed by atoms with Gasteiger partial charge in [0.2, 0.25) is 0 Å². The van der Waals surface area contributed by atoms with Crippen molar-refractivity contribution in [3.05, 3.63) is 18.2 Å². The Morgan fingerprint density at radius 1 is 0.607 bits per heavy atom. The molecule has 3 nitrogen and oxygen atoms in total. The molecule has 0 spiro atoms. The SMILES string of the molecule is CCCCCCCCCCCCCC.CCCCCOc1cc(N)ccc1N. The smallest absolute Gasteiger partial charge is 0.144 e. The topological polar surface area (TPSA) is 61.3 Å². The number of hydrogen-bond acceptors (Lipinski definition) is 3. The molecule has 0 fully saturated rings. The van der Waals surface area contributed by atoms with Crippen molar-refractivity contribution in [2.24, 2.45) is 0 Å². The van der Waals surface area contributed by atoms with Gasteiger partial charge in [0.15, 0.2) is 0 Å². The molecule has 0 aliphatic carbocycles. The Morgan fingerprint density at radius 3 is 1.50 bits per heavy atom. The molecule has 164 valence electrons. The van der Waals surface area contributed by atoms with Crippen LogP contribution >= 0.6 is 0 Å². The van der Waals surface area contributed by atoms with Crippen LogP contribution in [0.4, 0.5) is 11.4 Å². The van der Waals surface area contributed by atoms with Crippen LogP contribution in [-0.2, 0) is 0 Å². The molecule has 0 aliphatic rings. The molecule has 0 aromatic heterocycles. The first-order chi connectivity index (χ1) is 13.7. The van der Waals surface area contributed by atoms with Crippen molar-refractivity contribution in [1.82, 2.24) is 0 Å². The van der Waals surface area contributed by atoms with Gasteiger partial charge < -0.3 is 16.2 Å². The van der Waals surface area contributed by atoms with Gasteiger partial charge in [-0.05, 0) is 18.6 Å². The quantitative estimate of drug-likeness (QED) is 0.220. The van der Waals surface area contributed by atoms with Crippen LogP contribution in [0.5, 0.6) is 5.75 Å². The summed E-state index contributed by atoms with van der Waals surface area (Å²) in [6, 6.07) is 5.31. The lowest BCUT2D eigenvalue weighted by molar-refractivity contribution is 0.308. The minimum atomic E-state index is 0.649. The first kappa shape index (κ1) is 26.6. The van der Waals surface area contributed by atoms with Crippen LogP contribution in [0.15, 0.2) is 18.2 Å². The number of benzene rings is 1. The Kier molecular flexibility index (Phi) is 19.4. The molecule has 3 heteroatoms. The van der Waals surface area contributed by atoms with Gasteiger partial charge in [-0.15, -0.1) is 0 Å². The van der Waals surface area contributed by atoms with Gasteiger partial charge in [0, 0.05) is 11.8 Å². The molecule has 28 heavy (non-hydrogen) atoms. The predicted molar refractivity (Wildman–Crippen MR) is 127 cm³/mol. The maximum atomic E-state index is 5.72. The van der Waals surface area contributed by atoms with E-state index in [0.717, 1.165) is 6.42 Å². The van der Waals surface area contributed by atoms with Crippen molar-refractivity contribution in [2.75, 3.05) is 18.1 Å². The number of nitrogens with two attached hydrogens (primary N) is 2. The van der Waals surface area contributed by atoms with Crippen molar-refractivity contribution in [3.8, 4) is 5.75 Å². The van der Waals surface area contributed by atoms with Crippen molar-refractivity contribution in [2.45, 2.75) is 117 Å². The van der Waals surface area contributed by atoms with Crippen LogP contribution in [0.2, 0.25) is 0 Å². The average Bonchev–Trinajstić information content (AvgIpc) is 2.70. The summed E-state index contributed by atoms with van der Waals surface area (Å²) in [5.74, 6) is 0.695. The Labute approximate surface area is 175 Å². The van der Waals surface area contributed by atoms with Gasteiger partial charge in [-0.2, -0.15) is 0 Å². The molecule has 0 saturated carbocycles. The highest BCUT2D eigenvalue weighted by Crippen LogP contribution is 2.24. The second-order valence-electron chi connectivity index (χ2n) is 7.89. The standard InChI is InChI=1S/C14H30.C11H18N2O/c1-3-5-7-9-11-13-14-12-10-8-6-4-2;1-2-3-4-7-14-11-8-9(12)5-6-10(11)13/h3-14H2,1-2H3;5-6,8H,2-4,7,12-13H2,1H3. The molecule has 1 rings (SSSR count). The second kappa shape index (κ2) is 20.4. The first-order valence-electron chi connectivity index (χ1n) is 11.9. The van der Waals surface area contributed by atoms with E-state index < -0.39 is 0 Å². The van der Waals surface area contributed by atoms with E-state index in [9.17, 15) is 0 Å². The lowest BCUT2D eigenvalue weighted by Crippen LogP contribution is -2.01. The number of anilines is 2. The van der Waals surface area contributed by atoms with Crippen LogP contribution in [0.3, 0.4) is 0 Å². The van der Waals surface area contributed by atoms with Crippen LogP contribution in [0.25, 0.3) is 0 Å². The molecule has 0 heterocycles. The van der Waals surface area contributed by atoms with Gasteiger partial charge in [0.25, 0.3) is 0 Å². The van der Waals surface area contributed by atoms with Crippen LogP contribution in [0.1, 0.15) is 117 Å². The van der Waals surface area contributed by atoms with Gasteiger partial charge in [-0.1, -0.05) is 111 Å². The van der Waals surface area contributed by atoms with E-state index in [2.05, 4.69) is 20.8 Å². The molecule has 0 aliphatic heterocycles. The van der Waals surface area contributed by atoms with Gasteiger partial charge in [0.05, 0.1) is 12.3 Å². The Balaban J connectivity index is 0.000000521. The minimum absolute atomic E-state index is 0.649. The highest BCUT2D eigenvalue weighted by molar-refractivity contribution is 5.59. The summed E-state index contributed by atoms with van der Waals surface area (Å²) in [4.78, 5) is 0. The average molecular weight is 393 g/mol. The summed E-state index contributed by atoms with van der Waals surface area (Å²) in [5, 5.41) is 0. The fraction of sp³-hybridized carbons (Fsp3) is 0.760. The van der Waals surface area contributed by atoms with Crippen molar-refractivity contribution in [1.29, 1.82) is 0 Å². The molecular weight excluding hydrogens is 344 g/mol. The van der Waals surface area contributed by atoms with Crippen LogP contribution in [-0.4, -0.2) is 6.61 Å². The van der Waals surface area contributed by atoms with Gasteiger partial charge in [-0.3, -0.25) is 0 Å². The van der Waals surface area contributed by atoms with E-state index in [0.29, 0.717) is 23.7 Å². The Bertz CT molecular complexity index is 436. The molecule has 0 radical (unpaired) electrons. The molecule has 1 aromatic rings. The molecule has 0 unspecified atom stereocenters. The lowest BCUT2D eigenvalue weighted by atomic mass is 10.1. The minimum Gasteiger partial charge on any atom is -0.491 e. The lowest BCUT2D eigenvalue weighted by Gasteiger charge is -2.08. The summed E-state index contributed by atoms with van der Waals surface area (Å²) in [7, 11) is 0. The third-order valence-electron chi connectivity index (χ3n) is 5.00. The largest absolute Gasteiger partial charge is 0.491 e. The molecule has 0 bridgehead atoms. The molecular formula is C25H48N2O. The van der Waals surface area contributed by atoms with Crippen molar-refractivity contribution < 1.29 is 4.74 Å². The molecule has 1 aromatic carbocycles. The zero-order chi connectivity index (χ0) is 20.9. The predicted octanol–water partition coefficient (Wildman–Crippen LogP) is 8.13. The first-order valence-corrected chi connectivity index (χ1v) is 11.9. The van der Waals surface area contributed by atoms with Crippen molar-refractivity contribution >= 4 is 11.4 Å². The Morgan fingerprint density at radius 2 is 1.04 bits per heavy atom. The fourth-order valence-corrected chi connectivity index (χ4v) is 3.12. The summed E-state index contributed by atoms with van der Waals surface area (Å²) in [5.41, 5.74) is 12.7. The Hall–Kier alpha value is -1.38. The molecule has 0 atom stereocenters. The number of nitrogen functional groups attached to an aromatic ring is 2. The van der Waals surface area contributed by atoms with E-state index in [-0.39, 0.29) is 0 Å². The van der Waals surface area contributed by atoms with E-state index in [1.165, 1.54) is 89.9 Å². The fourth-order valence-electron chi connectivity index (χ4n) is 3.12. The summed E-state index contributed by atoms with van der Waals surface area (Å²) < 4.78 is 5.51. The van der Waals surface area contributed by atoms with Crippen molar-refractivity contribution in [3.63, 3.8) is 0 Å². The van der Waals surface area contributed by atoms with Gasteiger partial charge in [0.1, 0.15) is 5.75 Å². The maximum absolute atomic E-state index is 5.72. The van der Waals surface area contributed by atoms with E-state index in [1.54, 1.807) is 18.2 Å². The van der Waals surface area contributed by atoms with Crippen LogP contribution in [0, 0.1) is 0 Å². The highest BCUT2D eigenvalue weighted by atomic mass is 16.5. The van der Waals surface area contributed by atoms with Gasteiger partial charge in [-0.25, -0.2) is 0 Å². The van der Waals surface area contributed by atoms with E-state index in [4.69, 9.17) is 16.2 Å². The normalized spacial score (nSPS) is 10.4. The zero-order valence-corrected chi connectivity index (χ0v) is 19.1. The number of hydrogen-bond donors (Lipinski definition) is 2. The second-order valence-corrected chi connectivity index (χ2v) is 7.89. The number of rotatable bonds is 16. The van der Waals surface area contributed by atoms with Crippen LogP contribution < -0.4 is 16.2 Å². The highest BCUT2D eigenvalue weighted by Gasteiger charge is 2.00. The monoisotopic (exact) mass is 392 g/mol. The molecule has 0 amide bonds. The molecule has 4 N–H and O–H groups in total. The maximum Gasteiger partial charge on any atom is 0.144 e. The molecule has 0 saturated heterocycles. The third kappa shape index (κ3) is 16.8. The summed E-state index contributed by atoms with van der Waals surface area (Å²) in [6.07, 6.45) is 20.9. The number of unbranched alkanes of at least 4 members (excludes halogenated alkanes) is 13. The third-order valence-corrected chi connectivity index (χ3v) is 5.00. The van der Waals surface area contributed by atoms with E-state index in [1.807, 2.05) is 0 Å². The van der Waals surface area contributed by atoms with E-state index >= 15 is 0 Å². The number of ether oxygens (including phenoxy) is 1.